The lowest BCUT2D eigenvalue weighted by atomic mass is 9.78. The summed E-state index contributed by atoms with van der Waals surface area (Å²) in [6, 6.07) is 8.10. The molecule has 2 aromatic rings. The molecule has 0 spiro atoms. The summed E-state index contributed by atoms with van der Waals surface area (Å²) in [5.74, 6) is -2.04. The Hall–Kier alpha value is -2.05. The van der Waals surface area contributed by atoms with Crippen LogP contribution in [0.4, 0.5) is 8.78 Å². The van der Waals surface area contributed by atoms with Gasteiger partial charge in [-0.15, -0.1) is 0 Å². The molecule has 0 saturated heterocycles. The van der Waals surface area contributed by atoms with Crippen molar-refractivity contribution in [2.75, 3.05) is 0 Å². The number of carbonyl (C=O) groups is 1. The van der Waals surface area contributed by atoms with Crippen molar-refractivity contribution in [1.29, 1.82) is 0 Å². The molecule has 1 aliphatic rings. The minimum absolute atomic E-state index is 0.0308. The summed E-state index contributed by atoms with van der Waals surface area (Å²) in [6.45, 7) is 1.83. The van der Waals surface area contributed by atoms with E-state index in [1.54, 1.807) is 18.2 Å². The average molecular weight is 302 g/mol. The maximum absolute atomic E-state index is 13.6. The highest BCUT2D eigenvalue weighted by Gasteiger charge is 2.32. The van der Waals surface area contributed by atoms with Gasteiger partial charge in [-0.25, -0.2) is 8.78 Å². The number of Topliss-reactive ketones (excluding diaryl/α,β-unsaturated/α-hetero) is 1. The smallest absolute Gasteiger partial charge is 0.423 e. The van der Waals surface area contributed by atoms with Gasteiger partial charge in [-0.3, -0.25) is 4.79 Å². The second-order valence-electron chi connectivity index (χ2n) is 5.32. The van der Waals surface area contributed by atoms with Crippen LogP contribution in [0.3, 0.4) is 0 Å². The van der Waals surface area contributed by atoms with E-state index in [1.807, 2.05) is 6.92 Å². The SMILES string of the molecule is CC1OB(O)c2cc(CC(=O)c3ccc(F)cc3F)ccc21. The largest absolute Gasteiger partial charge is 0.491 e. The number of carbonyl (C=O) groups excluding carboxylic acids is 1. The lowest BCUT2D eigenvalue weighted by Crippen LogP contribution is -2.28. The summed E-state index contributed by atoms with van der Waals surface area (Å²) < 4.78 is 31.8. The summed E-state index contributed by atoms with van der Waals surface area (Å²) in [4.78, 5) is 12.1. The molecule has 3 rings (SSSR count). The van der Waals surface area contributed by atoms with Gasteiger partial charge in [0.1, 0.15) is 11.6 Å². The molecule has 3 nitrogen and oxygen atoms in total. The van der Waals surface area contributed by atoms with E-state index in [4.69, 9.17) is 4.65 Å². The van der Waals surface area contributed by atoms with E-state index in [-0.39, 0.29) is 18.1 Å². The van der Waals surface area contributed by atoms with Gasteiger partial charge in [0.2, 0.25) is 0 Å². The van der Waals surface area contributed by atoms with Crippen LogP contribution in [-0.4, -0.2) is 17.9 Å². The predicted octanol–water partition coefficient (Wildman–Crippen LogP) is 2.17. The third kappa shape index (κ3) is 2.67. The molecule has 0 radical (unpaired) electrons. The topological polar surface area (TPSA) is 46.5 Å². The molecule has 1 N–H and O–H groups in total. The molecule has 0 aromatic heterocycles. The monoisotopic (exact) mass is 302 g/mol. The van der Waals surface area contributed by atoms with Gasteiger partial charge in [-0.2, -0.15) is 0 Å². The molecule has 1 heterocycles. The molecule has 1 aliphatic heterocycles. The zero-order valence-electron chi connectivity index (χ0n) is 11.8. The van der Waals surface area contributed by atoms with E-state index < -0.39 is 24.5 Å². The second kappa shape index (κ2) is 5.63. The molecule has 112 valence electrons. The Kier molecular flexibility index (Phi) is 3.80. The summed E-state index contributed by atoms with van der Waals surface area (Å²) in [5.41, 5.74) is 1.99. The molecular weight excluding hydrogens is 289 g/mol. The Bertz CT molecular complexity index is 748. The lowest BCUT2D eigenvalue weighted by molar-refractivity contribution is 0.0989. The second-order valence-corrected chi connectivity index (χ2v) is 5.32. The van der Waals surface area contributed by atoms with Gasteiger partial charge in [0, 0.05) is 12.5 Å². The van der Waals surface area contributed by atoms with Crippen molar-refractivity contribution < 1.29 is 23.3 Å². The molecule has 0 bridgehead atoms. The van der Waals surface area contributed by atoms with Gasteiger partial charge in [0.15, 0.2) is 5.78 Å². The van der Waals surface area contributed by atoms with E-state index in [2.05, 4.69) is 0 Å². The first kappa shape index (κ1) is 14.9. The van der Waals surface area contributed by atoms with Crippen LogP contribution in [0, 0.1) is 11.6 Å². The summed E-state index contributed by atoms with van der Waals surface area (Å²) >= 11 is 0. The van der Waals surface area contributed by atoms with Crippen LogP contribution in [0.2, 0.25) is 0 Å². The molecule has 1 atom stereocenters. The third-order valence-corrected chi connectivity index (χ3v) is 3.78. The number of hydrogen-bond donors (Lipinski definition) is 1. The van der Waals surface area contributed by atoms with Crippen LogP contribution < -0.4 is 5.46 Å². The summed E-state index contributed by atoms with van der Waals surface area (Å²) in [7, 11) is -1.01. The number of ketones is 1. The summed E-state index contributed by atoms with van der Waals surface area (Å²) in [5, 5.41) is 9.79. The van der Waals surface area contributed by atoms with Crippen molar-refractivity contribution in [3.05, 3.63) is 64.7 Å². The molecule has 0 aliphatic carbocycles. The summed E-state index contributed by atoms with van der Waals surface area (Å²) in [6.07, 6.45) is -0.235. The maximum atomic E-state index is 13.6. The fraction of sp³-hybridized carbons (Fsp3) is 0.188. The first-order chi connectivity index (χ1) is 10.5. The molecule has 0 saturated carbocycles. The Balaban J connectivity index is 1.85. The highest BCUT2D eigenvalue weighted by atomic mass is 19.1. The minimum atomic E-state index is -1.01. The highest BCUT2D eigenvalue weighted by Crippen LogP contribution is 2.23. The highest BCUT2D eigenvalue weighted by molar-refractivity contribution is 6.61. The normalized spacial score (nSPS) is 16.7. The van der Waals surface area contributed by atoms with Crippen LogP contribution in [0.1, 0.15) is 34.5 Å². The fourth-order valence-electron chi connectivity index (χ4n) is 2.65. The molecule has 2 aromatic carbocycles. The maximum Gasteiger partial charge on any atom is 0.491 e. The predicted molar refractivity (Wildman–Crippen MR) is 77.9 cm³/mol. The van der Waals surface area contributed by atoms with E-state index in [0.29, 0.717) is 17.1 Å². The molecule has 6 heteroatoms. The first-order valence-corrected chi connectivity index (χ1v) is 6.90. The van der Waals surface area contributed by atoms with Crippen molar-refractivity contribution in [2.24, 2.45) is 0 Å². The van der Waals surface area contributed by atoms with E-state index in [9.17, 15) is 18.6 Å². The van der Waals surface area contributed by atoms with Crippen molar-refractivity contribution in [2.45, 2.75) is 19.4 Å². The van der Waals surface area contributed by atoms with Gasteiger partial charge in [-0.1, -0.05) is 18.2 Å². The van der Waals surface area contributed by atoms with Gasteiger partial charge >= 0.3 is 7.12 Å². The number of fused-ring (bicyclic) bond motifs is 1. The standard InChI is InChI=1S/C16H13BF2O3/c1-9-12-4-2-10(6-14(12)17(21)22-9)7-16(20)13-5-3-11(18)8-15(13)19/h2-6,8-9,21H,7H2,1H3. The zero-order valence-corrected chi connectivity index (χ0v) is 11.8. The minimum Gasteiger partial charge on any atom is -0.423 e. The zero-order chi connectivity index (χ0) is 15.9. The van der Waals surface area contributed by atoms with Crippen LogP contribution in [0.5, 0.6) is 0 Å². The fourth-order valence-corrected chi connectivity index (χ4v) is 2.65. The van der Waals surface area contributed by atoms with E-state index in [0.717, 1.165) is 17.7 Å². The quantitative estimate of drug-likeness (QED) is 0.698. The van der Waals surface area contributed by atoms with Crippen LogP contribution in [0.25, 0.3) is 0 Å². The average Bonchev–Trinajstić information content (AvgIpc) is 2.73. The van der Waals surface area contributed by atoms with E-state index >= 15 is 0 Å². The van der Waals surface area contributed by atoms with Crippen molar-refractivity contribution in [1.82, 2.24) is 0 Å². The van der Waals surface area contributed by atoms with Gasteiger partial charge < -0.3 is 9.68 Å². The number of halogens is 2. The first-order valence-electron chi connectivity index (χ1n) is 6.90. The lowest BCUT2D eigenvalue weighted by Gasteiger charge is -2.07. The van der Waals surface area contributed by atoms with Crippen molar-refractivity contribution >= 4 is 18.4 Å². The Morgan fingerprint density at radius 1 is 1.27 bits per heavy atom. The molecule has 1 unspecified atom stereocenters. The van der Waals surface area contributed by atoms with Crippen LogP contribution >= 0.6 is 0 Å². The van der Waals surface area contributed by atoms with Crippen molar-refractivity contribution in [3.63, 3.8) is 0 Å². The molecule has 22 heavy (non-hydrogen) atoms. The van der Waals surface area contributed by atoms with E-state index in [1.165, 1.54) is 0 Å². The van der Waals surface area contributed by atoms with Gasteiger partial charge in [0.25, 0.3) is 0 Å². The Morgan fingerprint density at radius 2 is 2.05 bits per heavy atom. The van der Waals surface area contributed by atoms with Gasteiger partial charge in [-0.05, 0) is 35.6 Å². The van der Waals surface area contributed by atoms with Crippen LogP contribution in [0.15, 0.2) is 36.4 Å². The van der Waals surface area contributed by atoms with Crippen LogP contribution in [-0.2, 0) is 11.1 Å². The molecule has 0 fully saturated rings. The number of rotatable bonds is 3. The Labute approximate surface area is 126 Å². The molecular formula is C16H13BF2O3. The van der Waals surface area contributed by atoms with Crippen molar-refractivity contribution in [3.8, 4) is 0 Å². The number of hydrogen-bond acceptors (Lipinski definition) is 3. The van der Waals surface area contributed by atoms with Gasteiger partial charge in [0.05, 0.1) is 11.7 Å². The molecule has 0 amide bonds. The third-order valence-electron chi connectivity index (χ3n) is 3.78. The number of benzene rings is 2. The Morgan fingerprint density at radius 3 is 2.77 bits per heavy atom.